The molecule has 1 aromatic carbocycles. The molecule has 0 atom stereocenters. The highest BCUT2D eigenvalue weighted by Crippen LogP contribution is 2.16. The number of hydrogen-bond acceptors (Lipinski definition) is 1. The zero-order valence-corrected chi connectivity index (χ0v) is 11.3. The zero-order chi connectivity index (χ0) is 12.7. The number of carbonyl (C=O) groups excluding carboxylic acids is 1. The molecule has 0 bridgehead atoms. The van der Waals surface area contributed by atoms with Gasteiger partial charge in [-0.05, 0) is 24.5 Å². The Morgan fingerprint density at radius 2 is 1.76 bits per heavy atom. The Morgan fingerprint density at radius 1 is 1.18 bits per heavy atom. The maximum atomic E-state index is 12.1. The lowest BCUT2D eigenvalue weighted by atomic mass is 10.1. The molecule has 1 amide bonds. The van der Waals surface area contributed by atoms with Crippen LogP contribution in [0.25, 0.3) is 0 Å². The zero-order valence-electron chi connectivity index (χ0n) is 10.6. The van der Waals surface area contributed by atoms with E-state index in [1.807, 2.05) is 29.2 Å². The van der Waals surface area contributed by atoms with Crippen molar-refractivity contribution in [2.24, 2.45) is 0 Å². The number of benzene rings is 1. The van der Waals surface area contributed by atoms with Gasteiger partial charge in [-0.3, -0.25) is 4.79 Å². The van der Waals surface area contributed by atoms with E-state index in [-0.39, 0.29) is 5.91 Å². The minimum absolute atomic E-state index is 0.168. The SMILES string of the molecule is CCCN(CCC)C(=O)Cc1ccccc1Cl. The Labute approximate surface area is 109 Å². The average molecular weight is 254 g/mol. The van der Waals surface area contributed by atoms with Crippen LogP contribution in [0.4, 0.5) is 0 Å². The first-order valence-electron chi connectivity index (χ1n) is 6.20. The maximum Gasteiger partial charge on any atom is 0.227 e. The molecule has 0 radical (unpaired) electrons. The van der Waals surface area contributed by atoms with Crippen LogP contribution in [-0.4, -0.2) is 23.9 Å². The molecule has 0 heterocycles. The van der Waals surface area contributed by atoms with Gasteiger partial charge in [0.15, 0.2) is 0 Å². The molecular weight excluding hydrogens is 234 g/mol. The second-order valence-electron chi connectivity index (χ2n) is 4.15. The van der Waals surface area contributed by atoms with Crippen LogP contribution >= 0.6 is 11.6 Å². The fourth-order valence-electron chi connectivity index (χ4n) is 1.82. The fraction of sp³-hybridized carbons (Fsp3) is 0.500. The van der Waals surface area contributed by atoms with E-state index in [4.69, 9.17) is 11.6 Å². The molecule has 2 nitrogen and oxygen atoms in total. The molecule has 0 unspecified atom stereocenters. The van der Waals surface area contributed by atoms with Gasteiger partial charge in [0.05, 0.1) is 6.42 Å². The molecule has 94 valence electrons. The number of rotatable bonds is 6. The van der Waals surface area contributed by atoms with E-state index < -0.39 is 0 Å². The smallest absolute Gasteiger partial charge is 0.227 e. The van der Waals surface area contributed by atoms with E-state index >= 15 is 0 Å². The summed E-state index contributed by atoms with van der Waals surface area (Å²) in [6.07, 6.45) is 2.39. The Kier molecular flexibility index (Phi) is 6.06. The van der Waals surface area contributed by atoms with Gasteiger partial charge < -0.3 is 4.90 Å². The number of amides is 1. The number of hydrogen-bond donors (Lipinski definition) is 0. The first-order valence-corrected chi connectivity index (χ1v) is 6.58. The van der Waals surface area contributed by atoms with Crippen LogP contribution in [0.1, 0.15) is 32.3 Å². The van der Waals surface area contributed by atoms with Crippen LogP contribution in [0.15, 0.2) is 24.3 Å². The maximum absolute atomic E-state index is 12.1. The van der Waals surface area contributed by atoms with Crippen molar-refractivity contribution in [3.63, 3.8) is 0 Å². The third-order valence-electron chi connectivity index (χ3n) is 2.64. The predicted molar refractivity (Wildman–Crippen MR) is 72.3 cm³/mol. The highest BCUT2D eigenvalue weighted by atomic mass is 35.5. The van der Waals surface area contributed by atoms with Crippen molar-refractivity contribution in [1.82, 2.24) is 4.90 Å². The van der Waals surface area contributed by atoms with Gasteiger partial charge in [0.1, 0.15) is 0 Å². The highest BCUT2D eigenvalue weighted by Gasteiger charge is 2.13. The summed E-state index contributed by atoms with van der Waals surface area (Å²) in [5, 5.41) is 0.675. The summed E-state index contributed by atoms with van der Waals surface area (Å²) in [6.45, 7) is 5.84. The van der Waals surface area contributed by atoms with Gasteiger partial charge >= 0.3 is 0 Å². The number of carbonyl (C=O) groups is 1. The largest absolute Gasteiger partial charge is 0.342 e. The molecule has 17 heavy (non-hydrogen) atoms. The number of nitrogens with zero attached hydrogens (tertiary/aromatic N) is 1. The van der Waals surface area contributed by atoms with Crippen molar-refractivity contribution in [2.45, 2.75) is 33.1 Å². The van der Waals surface area contributed by atoms with Gasteiger partial charge in [-0.2, -0.15) is 0 Å². The summed E-state index contributed by atoms with van der Waals surface area (Å²) in [5.74, 6) is 0.168. The molecule has 0 aliphatic heterocycles. The van der Waals surface area contributed by atoms with Crippen LogP contribution in [0, 0.1) is 0 Å². The highest BCUT2D eigenvalue weighted by molar-refractivity contribution is 6.31. The van der Waals surface area contributed by atoms with Gasteiger partial charge in [-0.25, -0.2) is 0 Å². The molecule has 0 fully saturated rings. The minimum Gasteiger partial charge on any atom is -0.342 e. The van der Waals surface area contributed by atoms with Crippen LogP contribution in [0.2, 0.25) is 5.02 Å². The van der Waals surface area contributed by atoms with E-state index in [2.05, 4.69) is 13.8 Å². The van der Waals surface area contributed by atoms with Gasteiger partial charge in [0, 0.05) is 18.1 Å². The summed E-state index contributed by atoms with van der Waals surface area (Å²) >= 11 is 6.06. The first-order chi connectivity index (χ1) is 8.19. The molecule has 0 aromatic heterocycles. The predicted octanol–water partition coefficient (Wildman–Crippen LogP) is 3.53. The van der Waals surface area contributed by atoms with Crippen LogP contribution < -0.4 is 0 Å². The quantitative estimate of drug-likeness (QED) is 0.760. The monoisotopic (exact) mass is 253 g/mol. The fourth-order valence-corrected chi connectivity index (χ4v) is 2.02. The lowest BCUT2D eigenvalue weighted by molar-refractivity contribution is -0.130. The van der Waals surface area contributed by atoms with Gasteiger partial charge in [-0.15, -0.1) is 0 Å². The summed E-state index contributed by atoms with van der Waals surface area (Å²) in [6, 6.07) is 7.54. The second-order valence-corrected chi connectivity index (χ2v) is 4.56. The summed E-state index contributed by atoms with van der Waals surface area (Å²) in [4.78, 5) is 14.0. The summed E-state index contributed by atoms with van der Waals surface area (Å²) < 4.78 is 0. The van der Waals surface area contributed by atoms with Crippen molar-refractivity contribution >= 4 is 17.5 Å². The number of halogens is 1. The van der Waals surface area contributed by atoms with Crippen molar-refractivity contribution < 1.29 is 4.79 Å². The van der Waals surface area contributed by atoms with E-state index in [1.54, 1.807) is 0 Å². The van der Waals surface area contributed by atoms with Crippen molar-refractivity contribution in [2.75, 3.05) is 13.1 Å². The van der Waals surface area contributed by atoms with E-state index in [9.17, 15) is 4.79 Å². The van der Waals surface area contributed by atoms with Crippen molar-refractivity contribution in [3.8, 4) is 0 Å². The van der Waals surface area contributed by atoms with Gasteiger partial charge in [0.25, 0.3) is 0 Å². The normalized spacial score (nSPS) is 10.3. The standard InChI is InChI=1S/C14H20ClNO/c1-3-9-16(10-4-2)14(17)11-12-7-5-6-8-13(12)15/h5-8H,3-4,9-11H2,1-2H3. The van der Waals surface area contributed by atoms with Crippen LogP contribution in [-0.2, 0) is 11.2 Å². The molecule has 0 aliphatic rings. The Morgan fingerprint density at radius 3 is 2.29 bits per heavy atom. The molecule has 1 rings (SSSR count). The molecule has 0 spiro atoms. The molecule has 0 saturated carbocycles. The third-order valence-corrected chi connectivity index (χ3v) is 3.01. The van der Waals surface area contributed by atoms with Crippen LogP contribution in [0.3, 0.4) is 0 Å². The van der Waals surface area contributed by atoms with Crippen LogP contribution in [0.5, 0.6) is 0 Å². The van der Waals surface area contributed by atoms with Crippen molar-refractivity contribution in [1.29, 1.82) is 0 Å². The topological polar surface area (TPSA) is 20.3 Å². The molecular formula is C14H20ClNO. The lowest BCUT2D eigenvalue weighted by Gasteiger charge is -2.21. The van der Waals surface area contributed by atoms with E-state index in [0.717, 1.165) is 31.5 Å². The van der Waals surface area contributed by atoms with E-state index in [0.29, 0.717) is 11.4 Å². The molecule has 0 N–H and O–H groups in total. The van der Waals surface area contributed by atoms with E-state index in [1.165, 1.54) is 0 Å². The minimum atomic E-state index is 0.168. The Balaban J connectivity index is 2.66. The van der Waals surface area contributed by atoms with Gasteiger partial charge in [0.2, 0.25) is 5.91 Å². The van der Waals surface area contributed by atoms with Gasteiger partial charge in [-0.1, -0.05) is 43.6 Å². The lowest BCUT2D eigenvalue weighted by Crippen LogP contribution is -2.33. The second kappa shape index (κ2) is 7.33. The molecule has 0 saturated heterocycles. The first kappa shape index (κ1) is 14.0. The molecule has 3 heteroatoms. The third kappa shape index (κ3) is 4.39. The summed E-state index contributed by atoms with van der Waals surface area (Å²) in [7, 11) is 0. The Hall–Kier alpha value is -1.02. The average Bonchev–Trinajstić information content (AvgIpc) is 2.32. The summed E-state index contributed by atoms with van der Waals surface area (Å²) in [5.41, 5.74) is 0.913. The molecule has 0 aliphatic carbocycles. The molecule has 1 aromatic rings. The Bertz CT molecular complexity index is 359. The van der Waals surface area contributed by atoms with Crippen molar-refractivity contribution in [3.05, 3.63) is 34.9 Å².